The van der Waals surface area contributed by atoms with E-state index >= 15 is 0 Å². The average molecular weight is 529 g/mol. The van der Waals surface area contributed by atoms with Gasteiger partial charge in [-0.15, -0.1) is 11.3 Å². The predicted molar refractivity (Wildman–Crippen MR) is 143 cm³/mol. The van der Waals surface area contributed by atoms with Crippen molar-refractivity contribution < 1.29 is 9.53 Å². The summed E-state index contributed by atoms with van der Waals surface area (Å²) in [4.78, 5) is 28.8. The lowest BCUT2D eigenvalue weighted by molar-refractivity contribution is -0.129. The Bertz CT molecular complexity index is 1430. The first-order chi connectivity index (χ1) is 18.1. The van der Waals surface area contributed by atoms with Crippen LogP contribution in [0, 0.1) is 11.3 Å². The molecule has 0 saturated carbocycles. The number of likely N-dealkylation sites (tertiary alicyclic amines) is 1. The summed E-state index contributed by atoms with van der Waals surface area (Å²) >= 11 is 2.99. The van der Waals surface area contributed by atoms with Gasteiger partial charge in [0, 0.05) is 65.8 Å². The topological polar surface area (TPSA) is 104 Å². The molecule has 0 bridgehead atoms. The van der Waals surface area contributed by atoms with E-state index in [1.807, 2.05) is 41.3 Å². The number of ether oxygens (including phenoxy) is 1. The Balaban J connectivity index is 1.35. The van der Waals surface area contributed by atoms with Crippen LogP contribution in [0.25, 0.3) is 0 Å². The predicted octanol–water partition coefficient (Wildman–Crippen LogP) is 6.22. The molecule has 0 unspecified atom stereocenters. The maximum Gasteiger partial charge on any atom is 0.219 e. The Kier molecular flexibility index (Phi) is 7.63. The van der Waals surface area contributed by atoms with E-state index in [2.05, 4.69) is 26.7 Å². The summed E-state index contributed by atoms with van der Waals surface area (Å²) in [5.41, 5.74) is 1.54. The second-order valence-corrected chi connectivity index (χ2v) is 10.5. The number of carbonyl (C=O) groups excluding carboxylic acids is 1. The first kappa shape index (κ1) is 24.7. The monoisotopic (exact) mass is 528 g/mol. The van der Waals surface area contributed by atoms with Gasteiger partial charge in [0.05, 0.1) is 11.3 Å². The number of benzene rings is 1. The molecule has 1 amide bonds. The second-order valence-electron chi connectivity index (χ2n) is 8.54. The minimum Gasteiger partial charge on any atom is -0.453 e. The molecule has 1 aromatic carbocycles. The fraction of sp³-hybridized carbons (Fsp3) is 0.222. The number of anilines is 2. The third-order valence-corrected chi connectivity index (χ3v) is 7.68. The highest BCUT2D eigenvalue weighted by atomic mass is 32.2. The zero-order valence-electron chi connectivity index (χ0n) is 20.1. The number of nitriles is 1. The Morgan fingerprint density at radius 2 is 1.95 bits per heavy atom. The van der Waals surface area contributed by atoms with Crippen LogP contribution in [0.15, 0.2) is 76.2 Å². The van der Waals surface area contributed by atoms with Crippen LogP contribution >= 0.6 is 23.1 Å². The van der Waals surface area contributed by atoms with E-state index in [0.29, 0.717) is 28.8 Å². The van der Waals surface area contributed by atoms with Gasteiger partial charge < -0.3 is 15.0 Å². The Labute approximate surface area is 223 Å². The van der Waals surface area contributed by atoms with Crippen LogP contribution in [0.3, 0.4) is 0 Å². The number of nitrogens with zero attached hydrogens (tertiary/aromatic N) is 5. The van der Waals surface area contributed by atoms with E-state index in [0.717, 1.165) is 46.5 Å². The number of rotatable bonds is 7. The number of hydrogen-bond donors (Lipinski definition) is 1. The zero-order valence-corrected chi connectivity index (χ0v) is 21.8. The molecule has 1 aliphatic heterocycles. The highest BCUT2D eigenvalue weighted by molar-refractivity contribution is 7.99. The molecule has 186 valence electrons. The summed E-state index contributed by atoms with van der Waals surface area (Å²) < 4.78 is 6.20. The van der Waals surface area contributed by atoms with Crippen LogP contribution in [0.1, 0.15) is 36.9 Å². The van der Waals surface area contributed by atoms with Gasteiger partial charge >= 0.3 is 0 Å². The standard InChI is InChI=1S/C27H24N6O2S2/c1-18(34)33-9-7-20(8-10-33)24-17-36-27(31-24)32-26-25(35-21-5-3-2-4-6-21)12-23(16-30-26)37-22-11-19(13-28)14-29-15-22/h2-6,11-12,14-17,20H,7-10H2,1H3,(H,30,31,32). The van der Waals surface area contributed by atoms with Crippen molar-refractivity contribution in [2.75, 3.05) is 18.4 Å². The smallest absolute Gasteiger partial charge is 0.219 e. The molecule has 1 saturated heterocycles. The van der Waals surface area contributed by atoms with Crippen molar-refractivity contribution in [3.05, 3.63) is 77.7 Å². The molecule has 1 aliphatic rings. The number of carbonyl (C=O) groups is 1. The molecular formula is C27H24N6O2S2. The molecule has 8 nitrogen and oxygen atoms in total. The third-order valence-electron chi connectivity index (χ3n) is 5.98. The number of amides is 1. The van der Waals surface area contributed by atoms with Crippen molar-refractivity contribution in [2.45, 2.75) is 35.5 Å². The lowest BCUT2D eigenvalue weighted by atomic mass is 9.94. The summed E-state index contributed by atoms with van der Waals surface area (Å²) in [5.74, 6) is 2.29. The average Bonchev–Trinajstić information content (AvgIpc) is 3.39. The summed E-state index contributed by atoms with van der Waals surface area (Å²) in [6.45, 7) is 3.16. The quantitative estimate of drug-likeness (QED) is 0.302. The fourth-order valence-electron chi connectivity index (χ4n) is 4.06. The number of piperidine rings is 1. The second kappa shape index (κ2) is 11.4. The molecule has 1 N–H and O–H groups in total. The van der Waals surface area contributed by atoms with Gasteiger partial charge in [0.25, 0.3) is 0 Å². The van der Waals surface area contributed by atoms with Gasteiger partial charge in [0.15, 0.2) is 16.7 Å². The van der Waals surface area contributed by atoms with Crippen LogP contribution in [-0.2, 0) is 4.79 Å². The molecule has 3 aromatic heterocycles. The van der Waals surface area contributed by atoms with Crippen molar-refractivity contribution in [2.24, 2.45) is 0 Å². The number of pyridine rings is 2. The van der Waals surface area contributed by atoms with Gasteiger partial charge in [-0.05, 0) is 31.0 Å². The van der Waals surface area contributed by atoms with Crippen LogP contribution in [-0.4, -0.2) is 38.8 Å². The first-order valence-corrected chi connectivity index (χ1v) is 13.5. The Hall–Kier alpha value is -3.94. The highest BCUT2D eigenvalue weighted by Gasteiger charge is 2.24. The van der Waals surface area contributed by atoms with Crippen molar-refractivity contribution in [1.82, 2.24) is 19.9 Å². The number of hydrogen-bond acceptors (Lipinski definition) is 9. The number of nitrogens with one attached hydrogen (secondary N) is 1. The van der Waals surface area contributed by atoms with Crippen molar-refractivity contribution >= 4 is 40.0 Å². The summed E-state index contributed by atoms with van der Waals surface area (Å²) in [6.07, 6.45) is 6.84. The van der Waals surface area contributed by atoms with Gasteiger partial charge in [-0.1, -0.05) is 30.0 Å². The van der Waals surface area contributed by atoms with E-state index in [1.165, 1.54) is 29.3 Å². The van der Waals surface area contributed by atoms with E-state index in [9.17, 15) is 10.1 Å². The van der Waals surface area contributed by atoms with Gasteiger partial charge in [-0.2, -0.15) is 5.26 Å². The van der Waals surface area contributed by atoms with Gasteiger partial charge in [-0.25, -0.2) is 9.97 Å². The molecule has 10 heteroatoms. The molecule has 5 rings (SSSR count). The molecule has 0 spiro atoms. The lowest BCUT2D eigenvalue weighted by Crippen LogP contribution is -2.36. The van der Waals surface area contributed by atoms with Crippen molar-refractivity contribution in [3.8, 4) is 17.6 Å². The third kappa shape index (κ3) is 6.25. The van der Waals surface area contributed by atoms with Gasteiger partial charge in [-0.3, -0.25) is 9.78 Å². The first-order valence-electron chi connectivity index (χ1n) is 11.8. The lowest BCUT2D eigenvalue weighted by Gasteiger charge is -2.30. The van der Waals surface area contributed by atoms with E-state index in [4.69, 9.17) is 9.72 Å². The Morgan fingerprint density at radius 1 is 1.16 bits per heavy atom. The van der Waals surface area contributed by atoms with Crippen molar-refractivity contribution in [1.29, 1.82) is 5.26 Å². The fourth-order valence-corrected chi connectivity index (χ4v) is 5.70. The summed E-state index contributed by atoms with van der Waals surface area (Å²) in [6, 6.07) is 15.4. The number of para-hydroxylation sites is 1. The molecule has 37 heavy (non-hydrogen) atoms. The van der Waals surface area contributed by atoms with Gasteiger partial charge in [0.2, 0.25) is 5.91 Å². The zero-order chi connectivity index (χ0) is 25.6. The van der Waals surface area contributed by atoms with Crippen LogP contribution in [0.4, 0.5) is 10.9 Å². The number of thiazole rings is 1. The summed E-state index contributed by atoms with van der Waals surface area (Å²) in [7, 11) is 0. The van der Waals surface area contributed by atoms with E-state index in [-0.39, 0.29) is 5.91 Å². The van der Waals surface area contributed by atoms with E-state index in [1.54, 1.807) is 25.4 Å². The molecule has 0 radical (unpaired) electrons. The van der Waals surface area contributed by atoms with Gasteiger partial charge in [0.1, 0.15) is 11.8 Å². The SMILES string of the molecule is CC(=O)N1CCC(c2csc(Nc3ncc(Sc4cncc(C#N)c4)cc3Oc3ccccc3)n2)CC1. The molecule has 4 heterocycles. The van der Waals surface area contributed by atoms with Crippen LogP contribution < -0.4 is 10.1 Å². The normalized spacial score (nSPS) is 13.7. The Morgan fingerprint density at radius 3 is 2.70 bits per heavy atom. The van der Waals surface area contributed by atoms with E-state index < -0.39 is 0 Å². The van der Waals surface area contributed by atoms with Crippen LogP contribution in [0.5, 0.6) is 11.5 Å². The minimum atomic E-state index is 0.131. The molecule has 4 aromatic rings. The maximum absolute atomic E-state index is 11.6. The minimum absolute atomic E-state index is 0.131. The van der Waals surface area contributed by atoms with Crippen LogP contribution in [0.2, 0.25) is 0 Å². The van der Waals surface area contributed by atoms with Crippen molar-refractivity contribution in [3.63, 3.8) is 0 Å². The molecule has 1 fully saturated rings. The number of aromatic nitrogens is 3. The molecular weight excluding hydrogens is 504 g/mol. The highest BCUT2D eigenvalue weighted by Crippen LogP contribution is 2.37. The summed E-state index contributed by atoms with van der Waals surface area (Å²) in [5, 5.41) is 15.3. The largest absolute Gasteiger partial charge is 0.453 e. The molecule has 0 aliphatic carbocycles. The maximum atomic E-state index is 11.6. The molecule has 0 atom stereocenters.